The van der Waals surface area contributed by atoms with Gasteiger partial charge in [0.1, 0.15) is 5.75 Å². The molecule has 0 aliphatic rings. The maximum Gasteiger partial charge on any atom is 0.271 e. The maximum absolute atomic E-state index is 12.2. The minimum atomic E-state index is -0.260. The molecule has 4 rings (SSSR count). The number of ether oxygens (including phenoxy) is 1. The van der Waals surface area contributed by atoms with Crippen molar-refractivity contribution in [3.8, 4) is 5.75 Å². The molecule has 0 bridgehead atoms. The quantitative estimate of drug-likeness (QED) is 0.184. The number of nitrogens with zero attached hydrogens (tertiary/aromatic N) is 2. The number of thiazole rings is 1. The van der Waals surface area contributed by atoms with E-state index in [-0.39, 0.29) is 5.91 Å². The van der Waals surface area contributed by atoms with Gasteiger partial charge >= 0.3 is 0 Å². The molecule has 0 fully saturated rings. The fourth-order valence-electron chi connectivity index (χ4n) is 2.88. The maximum atomic E-state index is 12.2. The third-order valence-corrected chi connectivity index (χ3v) is 7.17. The van der Waals surface area contributed by atoms with Gasteiger partial charge < -0.3 is 4.74 Å². The number of rotatable bonds is 7. The van der Waals surface area contributed by atoms with E-state index in [1.54, 1.807) is 48.6 Å². The fourth-order valence-corrected chi connectivity index (χ4v) is 5.19. The number of amides is 1. The smallest absolute Gasteiger partial charge is 0.271 e. The summed E-state index contributed by atoms with van der Waals surface area (Å²) in [6.07, 6.45) is 1.63. The lowest BCUT2D eigenvalue weighted by molar-refractivity contribution is 0.0955. The zero-order valence-corrected chi connectivity index (χ0v) is 19.8. The topological polar surface area (TPSA) is 63.6 Å². The molecule has 1 aromatic heterocycles. The molecule has 0 unspecified atom stereocenters. The van der Waals surface area contributed by atoms with Gasteiger partial charge in [0.2, 0.25) is 0 Å². The zero-order chi connectivity index (χ0) is 21.6. The Balaban J connectivity index is 1.43. The van der Waals surface area contributed by atoms with Crippen molar-refractivity contribution in [3.63, 3.8) is 0 Å². The standard InChI is InChI=1S/C23H18BrN3O2S2/c1-29-20-11-6-15(13-25-27-22(28)16-7-9-18(24)10-8-16)12-17(20)14-30-23-26-19-4-2-3-5-21(19)31-23/h2-13H,14H2,1H3,(H,27,28). The van der Waals surface area contributed by atoms with Gasteiger partial charge in [0, 0.05) is 21.4 Å². The second-order valence-corrected chi connectivity index (χ2v) is 9.68. The molecule has 0 atom stereocenters. The van der Waals surface area contributed by atoms with Gasteiger partial charge in [-0.1, -0.05) is 39.8 Å². The molecule has 1 heterocycles. The number of para-hydroxylation sites is 1. The summed E-state index contributed by atoms with van der Waals surface area (Å²) in [6.45, 7) is 0. The van der Waals surface area contributed by atoms with Gasteiger partial charge in [0.05, 0.1) is 23.5 Å². The van der Waals surface area contributed by atoms with E-state index in [4.69, 9.17) is 4.74 Å². The molecule has 0 saturated carbocycles. The van der Waals surface area contributed by atoms with Gasteiger partial charge in [0.25, 0.3) is 5.91 Å². The first-order chi connectivity index (χ1) is 15.1. The molecule has 0 aliphatic carbocycles. The van der Waals surface area contributed by atoms with Crippen LogP contribution in [0.1, 0.15) is 21.5 Å². The van der Waals surface area contributed by atoms with Gasteiger partial charge in [-0.05, 0) is 60.2 Å². The molecule has 0 saturated heterocycles. The Kier molecular flexibility index (Phi) is 7.01. The van der Waals surface area contributed by atoms with Crippen molar-refractivity contribution >= 4 is 61.4 Å². The number of nitrogens with one attached hydrogen (secondary N) is 1. The summed E-state index contributed by atoms with van der Waals surface area (Å²) in [6, 6.07) is 21.1. The van der Waals surface area contributed by atoms with Crippen LogP contribution < -0.4 is 10.2 Å². The third kappa shape index (κ3) is 5.52. The first-order valence-corrected chi connectivity index (χ1v) is 12.0. The lowest BCUT2D eigenvalue weighted by atomic mass is 10.1. The van der Waals surface area contributed by atoms with Crippen molar-refractivity contribution in [1.82, 2.24) is 10.4 Å². The van der Waals surface area contributed by atoms with Crippen LogP contribution in [0.25, 0.3) is 10.2 Å². The van der Waals surface area contributed by atoms with Gasteiger partial charge in [-0.3, -0.25) is 4.79 Å². The highest BCUT2D eigenvalue weighted by molar-refractivity contribution is 9.10. The number of benzene rings is 3. The van der Waals surface area contributed by atoms with Crippen molar-refractivity contribution in [2.24, 2.45) is 5.10 Å². The first-order valence-electron chi connectivity index (χ1n) is 9.36. The summed E-state index contributed by atoms with van der Waals surface area (Å²) in [5.41, 5.74) is 6.03. The van der Waals surface area contributed by atoms with E-state index in [1.807, 2.05) is 48.5 Å². The van der Waals surface area contributed by atoms with E-state index in [9.17, 15) is 4.79 Å². The molecule has 1 amide bonds. The summed E-state index contributed by atoms with van der Waals surface area (Å²) in [7, 11) is 1.66. The van der Waals surface area contributed by atoms with Crippen LogP contribution >= 0.6 is 39.0 Å². The molecule has 5 nitrogen and oxygen atoms in total. The van der Waals surface area contributed by atoms with Crippen LogP contribution in [-0.2, 0) is 5.75 Å². The average Bonchev–Trinajstić information content (AvgIpc) is 3.21. The number of halogens is 1. The van der Waals surface area contributed by atoms with Crippen LogP contribution in [0, 0.1) is 0 Å². The normalized spacial score (nSPS) is 11.2. The minimum Gasteiger partial charge on any atom is -0.496 e. The number of thioether (sulfide) groups is 1. The van der Waals surface area contributed by atoms with E-state index in [0.717, 1.165) is 37.0 Å². The van der Waals surface area contributed by atoms with E-state index >= 15 is 0 Å². The Morgan fingerprint density at radius 2 is 2.00 bits per heavy atom. The van der Waals surface area contributed by atoms with Crippen LogP contribution in [0.3, 0.4) is 0 Å². The van der Waals surface area contributed by atoms with Crippen LogP contribution in [0.5, 0.6) is 5.75 Å². The Morgan fingerprint density at radius 1 is 1.19 bits per heavy atom. The number of carbonyl (C=O) groups is 1. The Bertz CT molecular complexity index is 1210. The molecule has 8 heteroatoms. The lowest BCUT2D eigenvalue weighted by Crippen LogP contribution is -2.17. The van der Waals surface area contributed by atoms with Crippen LogP contribution in [-0.4, -0.2) is 24.2 Å². The Morgan fingerprint density at radius 3 is 2.77 bits per heavy atom. The summed E-state index contributed by atoms with van der Waals surface area (Å²) < 4.78 is 8.63. The summed E-state index contributed by atoms with van der Waals surface area (Å²) in [4.78, 5) is 16.9. The number of hydrazone groups is 1. The largest absolute Gasteiger partial charge is 0.496 e. The molecule has 1 N–H and O–H groups in total. The van der Waals surface area contributed by atoms with E-state index in [2.05, 4.69) is 37.5 Å². The number of hydrogen-bond acceptors (Lipinski definition) is 6. The third-order valence-electron chi connectivity index (χ3n) is 4.42. The summed E-state index contributed by atoms with van der Waals surface area (Å²) in [5, 5.41) is 4.09. The molecule has 4 aromatic rings. The van der Waals surface area contributed by atoms with Crippen molar-refractivity contribution in [2.75, 3.05) is 7.11 Å². The molecule has 31 heavy (non-hydrogen) atoms. The molecule has 0 radical (unpaired) electrons. The monoisotopic (exact) mass is 511 g/mol. The van der Waals surface area contributed by atoms with E-state index in [1.165, 1.54) is 4.70 Å². The Hall–Kier alpha value is -2.68. The zero-order valence-electron chi connectivity index (χ0n) is 16.5. The average molecular weight is 512 g/mol. The van der Waals surface area contributed by atoms with Crippen LogP contribution in [0.2, 0.25) is 0 Å². The summed E-state index contributed by atoms with van der Waals surface area (Å²) in [5.74, 6) is 1.27. The first kappa shape index (κ1) is 21.5. The van der Waals surface area contributed by atoms with Crippen LogP contribution in [0.15, 0.2) is 80.6 Å². The highest BCUT2D eigenvalue weighted by atomic mass is 79.9. The molecule has 156 valence electrons. The van der Waals surface area contributed by atoms with E-state index in [0.29, 0.717) is 5.56 Å². The summed E-state index contributed by atoms with van der Waals surface area (Å²) >= 11 is 6.71. The fraction of sp³-hybridized carbons (Fsp3) is 0.0870. The second-order valence-electron chi connectivity index (χ2n) is 6.51. The van der Waals surface area contributed by atoms with Crippen molar-refractivity contribution < 1.29 is 9.53 Å². The van der Waals surface area contributed by atoms with Crippen molar-refractivity contribution in [3.05, 3.63) is 87.9 Å². The van der Waals surface area contributed by atoms with Crippen molar-refractivity contribution in [2.45, 2.75) is 10.1 Å². The highest BCUT2D eigenvalue weighted by Crippen LogP contribution is 2.33. The lowest BCUT2D eigenvalue weighted by Gasteiger charge is -2.08. The molecule has 0 spiro atoms. The highest BCUT2D eigenvalue weighted by Gasteiger charge is 2.09. The van der Waals surface area contributed by atoms with Gasteiger partial charge in [-0.15, -0.1) is 11.3 Å². The number of carbonyl (C=O) groups excluding carboxylic acids is 1. The molecule has 3 aromatic carbocycles. The van der Waals surface area contributed by atoms with Gasteiger partial charge in [-0.2, -0.15) is 5.10 Å². The molecular weight excluding hydrogens is 494 g/mol. The molecular formula is C23H18BrN3O2S2. The molecule has 0 aliphatic heterocycles. The van der Waals surface area contributed by atoms with Crippen LogP contribution in [0.4, 0.5) is 0 Å². The second kappa shape index (κ2) is 10.1. The predicted molar refractivity (Wildman–Crippen MR) is 131 cm³/mol. The minimum absolute atomic E-state index is 0.260. The number of aromatic nitrogens is 1. The number of fused-ring (bicyclic) bond motifs is 1. The Labute approximate surface area is 196 Å². The van der Waals surface area contributed by atoms with Crippen molar-refractivity contribution in [1.29, 1.82) is 0 Å². The van der Waals surface area contributed by atoms with Gasteiger partial charge in [-0.25, -0.2) is 10.4 Å². The SMILES string of the molecule is COc1ccc(C=NNC(=O)c2ccc(Br)cc2)cc1CSc1nc2ccccc2s1. The number of methoxy groups -OCH3 is 1. The van der Waals surface area contributed by atoms with Gasteiger partial charge in [0.15, 0.2) is 4.34 Å². The van der Waals surface area contributed by atoms with E-state index < -0.39 is 0 Å². The number of hydrogen-bond donors (Lipinski definition) is 1. The predicted octanol–water partition coefficient (Wildman–Crippen LogP) is 6.12.